The lowest BCUT2D eigenvalue weighted by Crippen LogP contribution is -2.47. The second kappa shape index (κ2) is 7.67. The summed E-state index contributed by atoms with van der Waals surface area (Å²) in [5, 5.41) is 16.0. The van der Waals surface area contributed by atoms with Gasteiger partial charge in [0.05, 0.1) is 11.6 Å². The number of hydrogen-bond acceptors (Lipinski definition) is 7. The van der Waals surface area contributed by atoms with Crippen LogP contribution in [0.25, 0.3) is 0 Å². The van der Waals surface area contributed by atoms with Crippen molar-refractivity contribution in [2.75, 3.05) is 17.2 Å². The summed E-state index contributed by atoms with van der Waals surface area (Å²) in [5.74, 6) is -0.0463. The lowest BCUT2D eigenvalue weighted by Gasteiger charge is -2.25. The van der Waals surface area contributed by atoms with Gasteiger partial charge in [-0.2, -0.15) is 4.98 Å². The topological polar surface area (TPSA) is 139 Å². The van der Waals surface area contributed by atoms with Crippen LogP contribution in [0.5, 0.6) is 0 Å². The molecule has 1 unspecified atom stereocenters. The van der Waals surface area contributed by atoms with Gasteiger partial charge < -0.3 is 27.2 Å². The number of carbonyl (C=O) groups is 1. The number of primary amides is 1. The van der Waals surface area contributed by atoms with Crippen LogP contribution in [-0.2, 0) is 0 Å². The summed E-state index contributed by atoms with van der Waals surface area (Å²) in [6.45, 7) is 7.49. The Balaban J connectivity index is 2.26. The van der Waals surface area contributed by atoms with Crippen LogP contribution in [0.4, 0.5) is 17.5 Å². The van der Waals surface area contributed by atoms with Crippen LogP contribution in [0.15, 0.2) is 24.4 Å². The summed E-state index contributed by atoms with van der Waals surface area (Å²) < 4.78 is 0. The Kier molecular flexibility index (Phi) is 5.79. The molecule has 0 saturated carbocycles. The first kappa shape index (κ1) is 19.6. The third-order valence-corrected chi connectivity index (χ3v) is 3.93. The third-order valence-electron chi connectivity index (χ3n) is 3.93. The molecule has 0 aliphatic heterocycles. The molecule has 26 heavy (non-hydrogen) atoms. The SMILES string of the molecule is Cc1cc(C)cc(Nc2nc(NCC(N)C(C)(C)O)ncc2C(N)=O)c1. The summed E-state index contributed by atoms with van der Waals surface area (Å²) in [6, 6.07) is 5.41. The highest BCUT2D eigenvalue weighted by Gasteiger charge is 2.23. The van der Waals surface area contributed by atoms with Gasteiger partial charge >= 0.3 is 0 Å². The summed E-state index contributed by atoms with van der Waals surface area (Å²) in [5.41, 5.74) is 13.4. The minimum atomic E-state index is -1.04. The number of nitrogens with zero attached hydrogens (tertiary/aromatic N) is 2. The van der Waals surface area contributed by atoms with Gasteiger partial charge in [0.2, 0.25) is 5.95 Å². The summed E-state index contributed by atoms with van der Waals surface area (Å²) in [6.07, 6.45) is 1.36. The molecule has 0 spiro atoms. The molecule has 0 fully saturated rings. The number of amides is 1. The van der Waals surface area contributed by atoms with E-state index in [4.69, 9.17) is 11.5 Å². The molecule has 1 heterocycles. The van der Waals surface area contributed by atoms with Gasteiger partial charge in [0, 0.05) is 18.4 Å². The Hall–Kier alpha value is -2.71. The number of hydrogen-bond donors (Lipinski definition) is 5. The van der Waals surface area contributed by atoms with Gasteiger partial charge in [0.25, 0.3) is 5.91 Å². The van der Waals surface area contributed by atoms with Gasteiger partial charge in [-0.25, -0.2) is 4.98 Å². The lowest BCUT2D eigenvalue weighted by molar-refractivity contribution is 0.0562. The van der Waals surface area contributed by atoms with Crippen molar-refractivity contribution in [2.45, 2.75) is 39.3 Å². The fraction of sp³-hybridized carbons (Fsp3) is 0.389. The average molecular weight is 358 g/mol. The van der Waals surface area contributed by atoms with Crippen LogP contribution in [0.1, 0.15) is 35.3 Å². The molecule has 2 rings (SSSR count). The Morgan fingerprint density at radius 1 is 1.27 bits per heavy atom. The number of aromatic nitrogens is 2. The quantitative estimate of drug-likeness (QED) is 0.504. The summed E-state index contributed by atoms with van der Waals surface area (Å²) in [4.78, 5) is 20.1. The predicted octanol–water partition coefficient (Wildman–Crippen LogP) is 1.45. The first-order valence-electron chi connectivity index (χ1n) is 8.30. The Bertz CT molecular complexity index is 781. The van der Waals surface area contributed by atoms with Gasteiger partial charge in [-0.3, -0.25) is 4.79 Å². The highest BCUT2D eigenvalue weighted by molar-refractivity contribution is 5.98. The third kappa shape index (κ3) is 5.14. The zero-order chi connectivity index (χ0) is 19.5. The van der Waals surface area contributed by atoms with E-state index >= 15 is 0 Å². The number of benzene rings is 1. The number of aryl methyl sites for hydroxylation is 2. The molecule has 7 N–H and O–H groups in total. The predicted molar refractivity (Wildman–Crippen MR) is 103 cm³/mol. The normalized spacial score (nSPS) is 12.5. The standard InChI is InChI=1S/C18H26N6O2/c1-10-5-11(2)7-12(6-10)23-16-13(15(20)25)8-21-17(24-16)22-9-14(19)18(3,4)26/h5-8,14,26H,9,19H2,1-4H3,(H2,20,25)(H2,21,22,23,24). The molecule has 8 heteroatoms. The molecule has 8 nitrogen and oxygen atoms in total. The maximum absolute atomic E-state index is 11.7. The Morgan fingerprint density at radius 2 is 1.88 bits per heavy atom. The Morgan fingerprint density at radius 3 is 2.42 bits per heavy atom. The molecule has 0 saturated heterocycles. The van der Waals surface area contributed by atoms with Crippen LogP contribution in [0.3, 0.4) is 0 Å². The second-order valence-corrected chi connectivity index (χ2v) is 6.96. The summed E-state index contributed by atoms with van der Waals surface area (Å²) in [7, 11) is 0. The highest BCUT2D eigenvalue weighted by Crippen LogP contribution is 2.22. The smallest absolute Gasteiger partial charge is 0.254 e. The van der Waals surface area contributed by atoms with Crippen molar-refractivity contribution in [2.24, 2.45) is 11.5 Å². The first-order valence-corrected chi connectivity index (χ1v) is 8.30. The fourth-order valence-electron chi connectivity index (χ4n) is 2.38. The van der Waals surface area contributed by atoms with Crippen molar-refractivity contribution in [1.29, 1.82) is 0 Å². The van der Waals surface area contributed by atoms with E-state index in [1.165, 1.54) is 6.20 Å². The molecule has 1 atom stereocenters. The van der Waals surface area contributed by atoms with Gasteiger partial charge in [0.15, 0.2) is 0 Å². The van der Waals surface area contributed by atoms with E-state index in [9.17, 15) is 9.90 Å². The van der Waals surface area contributed by atoms with E-state index in [2.05, 4.69) is 20.6 Å². The molecular formula is C18H26N6O2. The molecular weight excluding hydrogens is 332 g/mol. The fourth-order valence-corrected chi connectivity index (χ4v) is 2.38. The van der Waals surface area contributed by atoms with Crippen LogP contribution < -0.4 is 22.1 Å². The van der Waals surface area contributed by atoms with Crippen LogP contribution >= 0.6 is 0 Å². The summed E-state index contributed by atoms with van der Waals surface area (Å²) >= 11 is 0. The maximum atomic E-state index is 11.7. The van der Waals surface area contributed by atoms with Crippen LogP contribution in [-0.4, -0.2) is 39.2 Å². The highest BCUT2D eigenvalue weighted by atomic mass is 16.3. The number of nitrogens with one attached hydrogen (secondary N) is 2. The van der Waals surface area contributed by atoms with E-state index in [0.717, 1.165) is 16.8 Å². The van der Waals surface area contributed by atoms with Gasteiger partial charge in [-0.05, 0) is 51.0 Å². The molecule has 0 aliphatic carbocycles. The molecule has 0 bridgehead atoms. The molecule has 0 radical (unpaired) electrons. The van der Waals surface area contributed by atoms with Crippen molar-refractivity contribution in [3.63, 3.8) is 0 Å². The van der Waals surface area contributed by atoms with Gasteiger partial charge in [-0.15, -0.1) is 0 Å². The van der Waals surface area contributed by atoms with E-state index in [0.29, 0.717) is 5.82 Å². The molecule has 2 aromatic rings. The minimum absolute atomic E-state index is 0.182. The van der Waals surface area contributed by atoms with Gasteiger partial charge in [-0.1, -0.05) is 6.07 Å². The number of carbonyl (C=O) groups excluding carboxylic acids is 1. The molecule has 1 amide bonds. The number of aliphatic hydroxyl groups is 1. The second-order valence-electron chi connectivity index (χ2n) is 6.96. The Labute approximate surface area is 153 Å². The van der Waals surface area contributed by atoms with Crippen molar-refractivity contribution in [1.82, 2.24) is 9.97 Å². The monoisotopic (exact) mass is 358 g/mol. The molecule has 1 aromatic carbocycles. The maximum Gasteiger partial charge on any atom is 0.254 e. The number of nitrogens with two attached hydrogens (primary N) is 2. The van der Waals surface area contributed by atoms with E-state index in [-0.39, 0.29) is 18.1 Å². The van der Waals surface area contributed by atoms with E-state index < -0.39 is 17.6 Å². The zero-order valence-electron chi connectivity index (χ0n) is 15.5. The molecule has 1 aromatic heterocycles. The molecule has 0 aliphatic rings. The van der Waals surface area contributed by atoms with Crippen molar-refractivity contribution in [3.05, 3.63) is 41.1 Å². The van der Waals surface area contributed by atoms with Crippen LogP contribution in [0.2, 0.25) is 0 Å². The number of rotatable bonds is 7. The minimum Gasteiger partial charge on any atom is -0.389 e. The average Bonchev–Trinajstić information content (AvgIpc) is 2.50. The lowest BCUT2D eigenvalue weighted by atomic mass is 10.0. The van der Waals surface area contributed by atoms with Gasteiger partial charge in [0.1, 0.15) is 11.4 Å². The number of anilines is 3. The van der Waals surface area contributed by atoms with Crippen molar-refractivity contribution < 1.29 is 9.90 Å². The van der Waals surface area contributed by atoms with Crippen molar-refractivity contribution >= 4 is 23.4 Å². The zero-order valence-corrected chi connectivity index (χ0v) is 15.5. The first-order chi connectivity index (χ1) is 12.1. The van der Waals surface area contributed by atoms with Crippen molar-refractivity contribution in [3.8, 4) is 0 Å². The van der Waals surface area contributed by atoms with E-state index in [1.54, 1.807) is 13.8 Å². The molecule has 140 valence electrons. The largest absolute Gasteiger partial charge is 0.389 e. The van der Waals surface area contributed by atoms with E-state index in [1.807, 2.05) is 32.0 Å². The van der Waals surface area contributed by atoms with Crippen LogP contribution in [0, 0.1) is 13.8 Å².